The summed E-state index contributed by atoms with van der Waals surface area (Å²) in [7, 11) is 0. The molecule has 0 aliphatic heterocycles. The maximum atomic E-state index is 12.2. The van der Waals surface area contributed by atoms with Gasteiger partial charge in [-0.2, -0.15) is 0 Å². The molecule has 8 nitrogen and oxygen atoms in total. The molecular formula is C17H16N2O6. The highest BCUT2D eigenvalue weighted by atomic mass is 16.5. The number of hydrogen-bond acceptors (Lipinski definition) is 5. The number of ether oxygens (including phenoxy) is 1. The summed E-state index contributed by atoms with van der Waals surface area (Å²) in [6.07, 6.45) is 1.31. The molecular weight excluding hydrogens is 328 g/mol. The van der Waals surface area contributed by atoms with E-state index in [1.54, 1.807) is 19.1 Å². The van der Waals surface area contributed by atoms with Gasteiger partial charge >= 0.3 is 11.9 Å². The SMILES string of the molecule is CCOC(=O)c1ccccc1NC(=O)Cn1cccc(C(=O)O)c1=O. The van der Waals surface area contributed by atoms with E-state index in [0.717, 1.165) is 10.6 Å². The maximum Gasteiger partial charge on any atom is 0.341 e. The van der Waals surface area contributed by atoms with E-state index in [4.69, 9.17) is 9.84 Å². The minimum Gasteiger partial charge on any atom is -0.477 e. The molecule has 0 bridgehead atoms. The number of nitrogens with one attached hydrogen (secondary N) is 1. The number of carbonyl (C=O) groups is 3. The molecule has 1 heterocycles. The highest BCUT2D eigenvalue weighted by Gasteiger charge is 2.16. The van der Waals surface area contributed by atoms with Crippen molar-refractivity contribution >= 4 is 23.5 Å². The van der Waals surface area contributed by atoms with E-state index < -0.39 is 35.5 Å². The van der Waals surface area contributed by atoms with Crippen LogP contribution in [0.25, 0.3) is 0 Å². The molecule has 25 heavy (non-hydrogen) atoms. The van der Waals surface area contributed by atoms with Crippen molar-refractivity contribution in [2.45, 2.75) is 13.5 Å². The van der Waals surface area contributed by atoms with Crippen LogP contribution in [0.2, 0.25) is 0 Å². The van der Waals surface area contributed by atoms with Gasteiger partial charge in [-0.1, -0.05) is 12.1 Å². The number of carbonyl (C=O) groups excluding carboxylic acids is 2. The third-order valence-corrected chi connectivity index (χ3v) is 3.26. The van der Waals surface area contributed by atoms with Crippen LogP contribution in [0, 0.1) is 0 Å². The fraction of sp³-hybridized carbons (Fsp3) is 0.176. The number of esters is 1. The first-order valence-electron chi connectivity index (χ1n) is 7.42. The lowest BCUT2D eigenvalue weighted by Gasteiger charge is -2.11. The van der Waals surface area contributed by atoms with Crippen LogP contribution in [0.1, 0.15) is 27.6 Å². The number of pyridine rings is 1. The highest BCUT2D eigenvalue weighted by Crippen LogP contribution is 2.16. The van der Waals surface area contributed by atoms with E-state index >= 15 is 0 Å². The molecule has 2 N–H and O–H groups in total. The molecule has 1 aromatic heterocycles. The van der Waals surface area contributed by atoms with Crippen molar-refractivity contribution in [3.63, 3.8) is 0 Å². The average molecular weight is 344 g/mol. The van der Waals surface area contributed by atoms with Crippen LogP contribution in [0.3, 0.4) is 0 Å². The van der Waals surface area contributed by atoms with Crippen molar-refractivity contribution in [1.82, 2.24) is 4.57 Å². The molecule has 2 rings (SSSR count). The quantitative estimate of drug-likeness (QED) is 0.765. The highest BCUT2D eigenvalue weighted by molar-refractivity contribution is 6.01. The number of benzene rings is 1. The second-order valence-electron chi connectivity index (χ2n) is 4.97. The van der Waals surface area contributed by atoms with Gasteiger partial charge in [0, 0.05) is 6.20 Å². The van der Waals surface area contributed by atoms with Crippen LogP contribution in [0.15, 0.2) is 47.4 Å². The molecule has 0 spiro atoms. The molecule has 0 radical (unpaired) electrons. The van der Waals surface area contributed by atoms with E-state index in [1.807, 2.05) is 0 Å². The number of carboxylic acid groups (broad SMARTS) is 1. The molecule has 0 aliphatic rings. The summed E-state index contributed by atoms with van der Waals surface area (Å²) in [6, 6.07) is 8.82. The van der Waals surface area contributed by atoms with Gasteiger partial charge in [0.2, 0.25) is 5.91 Å². The zero-order valence-electron chi connectivity index (χ0n) is 13.4. The van der Waals surface area contributed by atoms with Crippen LogP contribution >= 0.6 is 0 Å². The molecule has 8 heteroatoms. The summed E-state index contributed by atoms with van der Waals surface area (Å²) in [5, 5.41) is 11.5. The number of hydrogen-bond donors (Lipinski definition) is 2. The monoisotopic (exact) mass is 344 g/mol. The second-order valence-corrected chi connectivity index (χ2v) is 4.97. The summed E-state index contributed by atoms with van der Waals surface area (Å²) in [5.41, 5.74) is -0.788. The molecule has 0 atom stereocenters. The van der Waals surface area contributed by atoms with Crippen LogP contribution in [-0.4, -0.2) is 34.1 Å². The number of para-hydroxylation sites is 1. The third kappa shape index (κ3) is 4.31. The van der Waals surface area contributed by atoms with Gasteiger partial charge in [-0.3, -0.25) is 9.59 Å². The zero-order chi connectivity index (χ0) is 18.4. The van der Waals surface area contributed by atoms with Crippen LogP contribution < -0.4 is 10.9 Å². The zero-order valence-corrected chi connectivity index (χ0v) is 13.4. The fourth-order valence-electron chi connectivity index (χ4n) is 2.15. The minimum atomic E-state index is -1.37. The van der Waals surface area contributed by atoms with Crippen LogP contribution in [-0.2, 0) is 16.1 Å². The van der Waals surface area contributed by atoms with Crippen molar-refractivity contribution in [2.75, 3.05) is 11.9 Å². The van der Waals surface area contributed by atoms with Gasteiger partial charge in [-0.25, -0.2) is 9.59 Å². The molecule has 0 unspecified atom stereocenters. The first kappa shape index (κ1) is 17.9. The van der Waals surface area contributed by atoms with E-state index in [1.165, 1.54) is 24.4 Å². The third-order valence-electron chi connectivity index (χ3n) is 3.26. The first-order valence-corrected chi connectivity index (χ1v) is 7.42. The van der Waals surface area contributed by atoms with Gasteiger partial charge < -0.3 is 19.7 Å². The first-order chi connectivity index (χ1) is 11.9. The molecule has 1 aromatic carbocycles. The number of aromatic carboxylic acids is 1. The van der Waals surface area contributed by atoms with Gasteiger partial charge in [0.1, 0.15) is 12.1 Å². The smallest absolute Gasteiger partial charge is 0.341 e. The second kappa shape index (κ2) is 7.91. The lowest BCUT2D eigenvalue weighted by atomic mass is 10.2. The van der Waals surface area contributed by atoms with Gasteiger partial charge in [0.15, 0.2) is 0 Å². The summed E-state index contributed by atoms with van der Waals surface area (Å²) in [4.78, 5) is 47.0. The summed E-state index contributed by atoms with van der Waals surface area (Å²) in [5.74, 6) is -2.53. The summed E-state index contributed by atoms with van der Waals surface area (Å²) in [6.45, 7) is 1.47. The van der Waals surface area contributed by atoms with Crippen molar-refractivity contribution < 1.29 is 24.2 Å². The van der Waals surface area contributed by atoms with Crippen LogP contribution in [0.4, 0.5) is 5.69 Å². The van der Waals surface area contributed by atoms with Gasteiger partial charge in [-0.15, -0.1) is 0 Å². The van der Waals surface area contributed by atoms with Crippen molar-refractivity contribution in [3.05, 3.63) is 64.1 Å². The average Bonchev–Trinajstić information content (AvgIpc) is 2.57. The molecule has 1 amide bonds. The number of carboxylic acids is 1. The number of amides is 1. The largest absolute Gasteiger partial charge is 0.477 e. The molecule has 0 saturated heterocycles. The van der Waals surface area contributed by atoms with Gasteiger partial charge in [0.25, 0.3) is 5.56 Å². The number of aromatic nitrogens is 1. The Morgan fingerprint density at radius 2 is 1.80 bits per heavy atom. The number of anilines is 1. The Morgan fingerprint density at radius 1 is 1.12 bits per heavy atom. The Hall–Kier alpha value is -3.42. The lowest BCUT2D eigenvalue weighted by Crippen LogP contribution is -2.30. The molecule has 0 saturated carbocycles. The lowest BCUT2D eigenvalue weighted by molar-refractivity contribution is -0.116. The molecule has 0 aliphatic carbocycles. The Kier molecular flexibility index (Phi) is 5.67. The van der Waals surface area contributed by atoms with E-state index in [-0.39, 0.29) is 17.9 Å². The Bertz CT molecular complexity index is 871. The van der Waals surface area contributed by atoms with Gasteiger partial charge in [0.05, 0.1) is 17.9 Å². The predicted molar refractivity (Wildman–Crippen MR) is 88.7 cm³/mol. The Labute approximate surface area is 142 Å². The van der Waals surface area contributed by atoms with E-state index in [0.29, 0.717) is 0 Å². The summed E-state index contributed by atoms with van der Waals surface area (Å²) < 4.78 is 5.90. The molecule has 130 valence electrons. The van der Waals surface area contributed by atoms with E-state index in [2.05, 4.69) is 5.32 Å². The van der Waals surface area contributed by atoms with Crippen molar-refractivity contribution in [3.8, 4) is 0 Å². The number of rotatable bonds is 6. The van der Waals surface area contributed by atoms with Crippen LogP contribution in [0.5, 0.6) is 0 Å². The fourth-order valence-corrected chi connectivity index (χ4v) is 2.15. The predicted octanol–water partition coefficient (Wildman–Crippen LogP) is 1.36. The maximum absolute atomic E-state index is 12.2. The normalized spacial score (nSPS) is 10.1. The minimum absolute atomic E-state index is 0.185. The Morgan fingerprint density at radius 3 is 2.48 bits per heavy atom. The van der Waals surface area contributed by atoms with Crippen molar-refractivity contribution in [2.24, 2.45) is 0 Å². The standard InChI is InChI=1S/C17H16N2O6/c1-2-25-17(24)11-6-3-4-8-13(11)18-14(20)10-19-9-5-7-12(15(19)21)16(22)23/h3-9H,2,10H2,1H3,(H,18,20)(H,22,23). The van der Waals surface area contributed by atoms with E-state index in [9.17, 15) is 19.2 Å². The molecule has 2 aromatic rings. The Balaban J connectivity index is 2.20. The molecule has 0 fully saturated rings. The topological polar surface area (TPSA) is 115 Å². The summed E-state index contributed by atoms with van der Waals surface area (Å²) >= 11 is 0. The van der Waals surface area contributed by atoms with Crippen molar-refractivity contribution in [1.29, 1.82) is 0 Å². The number of nitrogens with zero attached hydrogens (tertiary/aromatic N) is 1. The van der Waals surface area contributed by atoms with Gasteiger partial charge in [-0.05, 0) is 31.2 Å².